The van der Waals surface area contributed by atoms with Crippen LogP contribution in [0.2, 0.25) is 0 Å². The highest BCUT2D eigenvalue weighted by molar-refractivity contribution is 5.98. The van der Waals surface area contributed by atoms with Crippen molar-refractivity contribution < 1.29 is 9.16 Å². The molecule has 2 rings (SSSR count). The Morgan fingerprint density at radius 1 is 0.889 bits per heavy atom. The first-order chi connectivity index (χ1) is 8.62. The highest BCUT2D eigenvalue weighted by atomic mass is 28.2. The molecule has 0 aliphatic heterocycles. The van der Waals surface area contributed by atoms with Gasteiger partial charge in [0.15, 0.2) is 0 Å². The van der Waals surface area contributed by atoms with Crippen LogP contribution in [-0.2, 0) is 10.0 Å². The fraction of sp³-hybridized carbons (Fsp3) is 0.200. The molecule has 2 aromatic carbocycles. The number of hydrogen-bond donors (Lipinski definition) is 0. The summed E-state index contributed by atoms with van der Waals surface area (Å²) in [5.74, 6) is 1.63. The molecule has 0 aromatic heterocycles. The lowest BCUT2D eigenvalue weighted by atomic mass is 9.98. The molecule has 3 heteroatoms. The number of ether oxygens (including phenoxy) is 1. The number of hydrogen-bond acceptors (Lipinski definition) is 2. The van der Waals surface area contributed by atoms with Gasteiger partial charge in [-0.1, -0.05) is 30.3 Å². The Morgan fingerprint density at radius 2 is 1.56 bits per heavy atom. The summed E-state index contributed by atoms with van der Waals surface area (Å²) in [6, 6.07) is 17.6. The van der Waals surface area contributed by atoms with Crippen molar-refractivity contribution in [3.05, 3.63) is 60.2 Å². The second-order valence-corrected chi connectivity index (χ2v) is 4.76. The van der Waals surface area contributed by atoms with Gasteiger partial charge in [0.25, 0.3) is 0 Å². The van der Waals surface area contributed by atoms with E-state index in [0.29, 0.717) is 0 Å². The zero-order chi connectivity index (χ0) is 13.0. The van der Waals surface area contributed by atoms with Crippen LogP contribution in [-0.4, -0.2) is 10.5 Å². The maximum Gasteiger partial charge on any atom is 0.247 e. The molecule has 0 heterocycles. The van der Waals surface area contributed by atoms with Crippen LogP contribution in [0.5, 0.6) is 11.5 Å². The molecule has 2 nitrogen and oxygen atoms in total. The molecule has 0 spiro atoms. The average molecular weight is 255 g/mol. The molecule has 0 aliphatic carbocycles. The van der Waals surface area contributed by atoms with Crippen LogP contribution in [0.15, 0.2) is 54.6 Å². The Labute approximate surface area is 111 Å². The van der Waals surface area contributed by atoms with Gasteiger partial charge in [-0.05, 0) is 43.7 Å². The van der Waals surface area contributed by atoms with Gasteiger partial charge in [0.05, 0.1) is 5.60 Å². The predicted molar refractivity (Wildman–Crippen MR) is 72.8 cm³/mol. The molecule has 0 saturated carbocycles. The molecule has 0 aliphatic rings. The normalized spacial score (nSPS) is 11.3. The van der Waals surface area contributed by atoms with Gasteiger partial charge in [0.2, 0.25) is 10.5 Å². The van der Waals surface area contributed by atoms with Crippen LogP contribution in [0.3, 0.4) is 0 Å². The molecule has 18 heavy (non-hydrogen) atoms. The smallest absolute Gasteiger partial charge is 0.247 e. The zero-order valence-electron chi connectivity index (χ0n) is 10.5. The molecule has 2 aromatic rings. The minimum Gasteiger partial charge on any atom is -0.457 e. The van der Waals surface area contributed by atoms with Crippen LogP contribution in [0, 0.1) is 0 Å². The van der Waals surface area contributed by atoms with Crippen molar-refractivity contribution in [2.75, 3.05) is 0 Å². The fourth-order valence-corrected chi connectivity index (χ4v) is 1.74. The van der Waals surface area contributed by atoms with Crippen LogP contribution in [0.25, 0.3) is 0 Å². The van der Waals surface area contributed by atoms with Crippen molar-refractivity contribution in [1.82, 2.24) is 0 Å². The monoisotopic (exact) mass is 255 g/mol. The van der Waals surface area contributed by atoms with E-state index in [1.165, 1.54) is 0 Å². The Bertz CT molecular complexity index is 509. The molecule has 0 saturated heterocycles. The van der Waals surface area contributed by atoms with Gasteiger partial charge in [-0.2, -0.15) is 0 Å². The second-order valence-electron chi connectivity index (χ2n) is 4.56. The Balaban J connectivity index is 2.23. The molecular weight excluding hydrogens is 240 g/mol. The third kappa shape index (κ3) is 3.00. The van der Waals surface area contributed by atoms with Gasteiger partial charge in [-0.3, -0.25) is 0 Å². The second kappa shape index (κ2) is 5.37. The summed E-state index contributed by atoms with van der Waals surface area (Å²) >= 11 is 0. The van der Waals surface area contributed by atoms with Crippen molar-refractivity contribution >= 4 is 10.5 Å². The summed E-state index contributed by atoms with van der Waals surface area (Å²) in [5, 5.41) is 0. The lowest BCUT2D eigenvalue weighted by Crippen LogP contribution is -2.19. The first-order valence-electron chi connectivity index (χ1n) is 5.80. The molecular formula is C15H15O2Si. The van der Waals surface area contributed by atoms with E-state index in [1.807, 2.05) is 68.4 Å². The standard InChI is InChI=1S/C15H15O2Si/c1-15(2,17-18)12-7-6-10-14(11-12)16-13-8-4-3-5-9-13/h3-11H,1-2H3. The average Bonchev–Trinajstić information content (AvgIpc) is 2.40. The van der Waals surface area contributed by atoms with Crippen molar-refractivity contribution in [1.29, 1.82) is 0 Å². The molecule has 0 amide bonds. The molecule has 0 N–H and O–H groups in total. The third-order valence-electron chi connectivity index (χ3n) is 2.76. The SMILES string of the molecule is CC(C)(O[Si])c1cccc(Oc2ccccc2)c1. The van der Waals surface area contributed by atoms with E-state index in [9.17, 15) is 0 Å². The minimum absolute atomic E-state index is 0.396. The van der Waals surface area contributed by atoms with Crippen molar-refractivity contribution in [3.63, 3.8) is 0 Å². The van der Waals surface area contributed by atoms with Crippen LogP contribution in [0.4, 0.5) is 0 Å². The largest absolute Gasteiger partial charge is 0.457 e. The predicted octanol–water partition coefficient (Wildman–Crippen LogP) is 3.81. The number of benzene rings is 2. The number of para-hydroxylation sites is 1. The van der Waals surface area contributed by atoms with Crippen molar-refractivity contribution in [2.24, 2.45) is 0 Å². The summed E-state index contributed by atoms with van der Waals surface area (Å²) in [4.78, 5) is 0. The molecule has 0 bridgehead atoms. The van der Waals surface area contributed by atoms with Crippen molar-refractivity contribution in [3.8, 4) is 11.5 Å². The van der Waals surface area contributed by atoms with Crippen LogP contribution < -0.4 is 4.74 Å². The van der Waals surface area contributed by atoms with E-state index < -0.39 is 5.60 Å². The van der Waals surface area contributed by atoms with E-state index in [2.05, 4.69) is 10.5 Å². The van der Waals surface area contributed by atoms with Crippen molar-refractivity contribution in [2.45, 2.75) is 19.4 Å². The van der Waals surface area contributed by atoms with E-state index >= 15 is 0 Å². The summed E-state index contributed by atoms with van der Waals surface area (Å²) < 4.78 is 11.1. The Hall–Kier alpha value is -1.58. The van der Waals surface area contributed by atoms with Gasteiger partial charge < -0.3 is 9.16 Å². The van der Waals surface area contributed by atoms with Gasteiger partial charge in [0, 0.05) is 0 Å². The highest BCUT2D eigenvalue weighted by Gasteiger charge is 2.19. The Kier molecular flexibility index (Phi) is 3.84. The third-order valence-corrected chi connectivity index (χ3v) is 3.27. The van der Waals surface area contributed by atoms with Crippen LogP contribution >= 0.6 is 0 Å². The lowest BCUT2D eigenvalue weighted by Gasteiger charge is -2.24. The highest BCUT2D eigenvalue weighted by Crippen LogP contribution is 2.28. The summed E-state index contributed by atoms with van der Waals surface area (Å²) in [5.41, 5.74) is 0.651. The van der Waals surface area contributed by atoms with Gasteiger partial charge in [0.1, 0.15) is 11.5 Å². The number of rotatable bonds is 4. The van der Waals surface area contributed by atoms with E-state index in [-0.39, 0.29) is 0 Å². The molecule has 0 unspecified atom stereocenters. The van der Waals surface area contributed by atoms with E-state index in [4.69, 9.17) is 9.16 Å². The summed E-state index contributed by atoms with van der Waals surface area (Å²) in [6.07, 6.45) is 0. The maximum atomic E-state index is 5.79. The maximum absolute atomic E-state index is 5.79. The molecule has 3 radical (unpaired) electrons. The molecule has 91 valence electrons. The summed E-state index contributed by atoms with van der Waals surface area (Å²) in [6.45, 7) is 3.98. The van der Waals surface area contributed by atoms with Crippen LogP contribution in [0.1, 0.15) is 19.4 Å². The summed E-state index contributed by atoms with van der Waals surface area (Å²) in [7, 11) is 3.11. The lowest BCUT2D eigenvalue weighted by molar-refractivity contribution is 0.123. The quantitative estimate of drug-likeness (QED) is 0.773. The van der Waals surface area contributed by atoms with E-state index in [1.54, 1.807) is 0 Å². The fourth-order valence-electron chi connectivity index (χ4n) is 1.62. The van der Waals surface area contributed by atoms with Gasteiger partial charge in [-0.25, -0.2) is 0 Å². The van der Waals surface area contributed by atoms with Gasteiger partial charge >= 0.3 is 0 Å². The Morgan fingerprint density at radius 3 is 2.22 bits per heavy atom. The molecule has 0 fully saturated rings. The first-order valence-corrected chi connectivity index (χ1v) is 6.21. The topological polar surface area (TPSA) is 18.5 Å². The first kappa shape index (κ1) is 12.9. The van der Waals surface area contributed by atoms with E-state index in [0.717, 1.165) is 17.1 Å². The minimum atomic E-state index is -0.396. The van der Waals surface area contributed by atoms with Gasteiger partial charge in [-0.15, -0.1) is 0 Å². The zero-order valence-corrected chi connectivity index (χ0v) is 11.5. The molecule has 0 atom stereocenters.